The summed E-state index contributed by atoms with van der Waals surface area (Å²) in [6, 6.07) is 5.73. The van der Waals surface area contributed by atoms with Gasteiger partial charge in [0, 0.05) is 12.1 Å². The first-order chi connectivity index (χ1) is 7.13. The molecule has 2 nitrogen and oxygen atoms in total. The Kier molecular flexibility index (Phi) is 4.13. The van der Waals surface area contributed by atoms with Crippen LogP contribution in [0.2, 0.25) is 0 Å². The molecule has 0 unspecified atom stereocenters. The summed E-state index contributed by atoms with van der Waals surface area (Å²) in [5.41, 5.74) is 0.486. The second-order valence-electron chi connectivity index (χ2n) is 2.94. The summed E-state index contributed by atoms with van der Waals surface area (Å²) in [4.78, 5) is 0. The van der Waals surface area contributed by atoms with Crippen molar-refractivity contribution in [2.24, 2.45) is 0 Å². The molecule has 0 aliphatic rings. The molecule has 0 saturated heterocycles. The molecule has 0 saturated carbocycles. The van der Waals surface area contributed by atoms with Gasteiger partial charge in [-0.1, -0.05) is 6.07 Å². The number of rotatable bonds is 4. The zero-order chi connectivity index (χ0) is 11.3. The van der Waals surface area contributed by atoms with E-state index in [4.69, 9.17) is 5.26 Å². The van der Waals surface area contributed by atoms with Gasteiger partial charge in [0.2, 0.25) is 0 Å². The van der Waals surface area contributed by atoms with Gasteiger partial charge in [-0.25, -0.2) is 13.2 Å². The molecule has 1 aromatic carbocycles. The zero-order valence-electron chi connectivity index (χ0n) is 7.80. The quantitative estimate of drug-likeness (QED) is 0.832. The van der Waals surface area contributed by atoms with E-state index >= 15 is 0 Å². The largest absolute Gasteiger partial charge is 0.307 e. The molecule has 1 N–H and O–H groups in total. The third kappa shape index (κ3) is 3.60. The first kappa shape index (κ1) is 11.5. The zero-order valence-corrected chi connectivity index (χ0v) is 7.80. The molecule has 5 heteroatoms. The van der Waals surface area contributed by atoms with Crippen LogP contribution in [0.3, 0.4) is 0 Å². The molecular weight excluding hydrogens is 205 g/mol. The van der Waals surface area contributed by atoms with Crippen molar-refractivity contribution < 1.29 is 13.2 Å². The molecule has 1 aromatic rings. The highest BCUT2D eigenvalue weighted by Crippen LogP contribution is 2.09. The predicted molar refractivity (Wildman–Crippen MR) is 48.8 cm³/mol. The second kappa shape index (κ2) is 5.37. The van der Waals surface area contributed by atoms with Crippen LogP contribution in [0.25, 0.3) is 0 Å². The number of nitrogens with zero attached hydrogens (tertiary/aromatic N) is 1. The highest BCUT2D eigenvalue weighted by molar-refractivity contribution is 5.32. The minimum absolute atomic E-state index is 0.0296. The van der Waals surface area contributed by atoms with E-state index < -0.39 is 18.8 Å². The summed E-state index contributed by atoms with van der Waals surface area (Å²) in [5, 5.41) is 10.9. The van der Waals surface area contributed by atoms with Gasteiger partial charge in [0.05, 0.1) is 18.2 Å². The van der Waals surface area contributed by atoms with E-state index in [0.29, 0.717) is 0 Å². The molecule has 0 amide bonds. The van der Waals surface area contributed by atoms with E-state index in [1.807, 2.05) is 0 Å². The van der Waals surface area contributed by atoms with Gasteiger partial charge < -0.3 is 5.32 Å². The summed E-state index contributed by atoms with van der Waals surface area (Å²) < 4.78 is 36.7. The molecule has 0 aromatic heterocycles. The predicted octanol–water partition coefficient (Wildman–Crippen LogP) is 2.05. The van der Waals surface area contributed by atoms with Crippen LogP contribution in [0, 0.1) is 17.1 Å². The minimum Gasteiger partial charge on any atom is -0.307 e. The first-order valence-corrected chi connectivity index (χ1v) is 4.31. The molecular formula is C10H9F3N2. The van der Waals surface area contributed by atoms with Gasteiger partial charge in [-0.2, -0.15) is 5.26 Å². The third-order valence-corrected chi connectivity index (χ3v) is 1.80. The first-order valence-electron chi connectivity index (χ1n) is 4.31. The van der Waals surface area contributed by atoms with Gasteiger partial charge in [-0.3, -0.25) is 0 Å². The van der Waals surface area contributed by atoms with Crippen molar-refractivity contribution in [3.8, 4) is 6.07 Å². The summed E-state index contributed by atoms with van der Waals surface area (Å²) in [7, 11) is 0. The average molecular weight is 214 g/mol. The van der Waals surface area contributed by atoms with Crippen molar-refractivity contribution in [1.29, 1.82) is 5.26 Å². The summed E-state index contributed by atoms with van der Waals surface area (Å²) in [6.45, 7) is -0.443. The van der Waals surface area contributed by atoms with Crippen molar-refractivity contribution in [1.82, 2.24) is 5.32 Å². The molecule has 0 spiro atoms. The number of alkyl halides is 2. The summed E-state index contributed by atoms with van der Waals surface area (Å²) in [5.74, 6) is -0.559. The molecule has 0 bridgehead atoms. The molecule has 80 valence electrons. The molecule has 0 radical (unpaired) electrons. The van der Waals surface area contributed by atoms with Crippen LogP contribution in [0.15, 0.2) is 18.2 Å². The van der Waals surface area contributed by atoms with E-state index in [0.717, 1.165) is 6.07 Å². The molecule has 0 aliphatic heterocycles. The van der Waals surface area contributed by atoms with E-state index in [2.05, 4.69) is 5.32 Å². The molecule has 0 aliphatic carbocycles. The monoisotopic (exact) mass is 214 g/mol. The maximum atomic E-state index is 13.2. The van der Waals surface area contributed by atoms with Crippen LogP contribution in [-0.2, 0) is 6.54 Å². The number of nitrogens with one attached hydrogen (secondary N) is 1. The molecule has 0 heterocycles. The topological polar surface area (TPSA) is 35.8 Å². The van der Waals surface area contributed by atoms with Crippen molar-refractivity contribution >= 4 is 0 Å². The van der Waals surface area contributed by atoms with Crippen LogP contribution < -0.4 is 5.32 Å². The van der Waals surface area contributed by atoms with Crippen molar-refractivity contribution in [2.75, 3.05) is 6.54 Å². The van der Waals surface area contributed by atoms with Crippen molar-refractivity contribution in [2.45, 2.75) is 13.0 Å². The van der Waals surface area contributed by atoms with E-state index in [1.54, 1.807) is 6.07 Å². The van der Waals surface area contributed by atoms with Crippen LogP contribution in [-0.4, -0.2) is 13.0 Å². The van der Waals surface area contributed by atoms with Crippen LogP contribution >= 0.6 is 0 Å². The lowest BCUT2D eigenvalue weighted by molar-refractivity contribution is 0.145. The number of hydrogen-bond donors (Lipinski definition) is 1. The maximum Gasteiger partial charge on any atom is 0.250 e. The highest BCUT2D eigenvalue weighted by Gasteiger charge is 2.05. The van der Waals surface area contributed by atoms with E-state index in [9.17, 15) is 13.2 Å². The fourth-order valence-electron chi connectivity index (χ4n) is 1.08. The Balaban J connectivity index is 2.59. The lowest BCUT2D eigenvalue weighted by atomic mass is 10.1. The smallest absolute Gasteiger partial charge is 0.250 e. The van der Waals surface area contributed by atoms with Gasteiger partial charge in [-0.05, 0) is 12.1 Å². The fraction of sp³-hybridized carbons (Fsp3) is 0.300. The van der Waals surface area contributed by atoms with E-state index in [1.165, 1.54) is 12.1 Å². The highest BCUT2D eigenvalue weighted by atomic mass is 19.3. The van der Waals surface area contributed by atoms with Crippen LogP contribution in [0.5, 0.6) is 0 Å². The van der Waals surface area contributed by atoms with Gasteiger partial charge in [0.25, 0.3) is 6.43 Å². The van der Waals surface area contributed by atoms with Crippen LogP contribution in [0.4, 0.5) is 13.2 Å². The van der Waals surface area contributed by atoms with Gasteiger partial charge in [-0.15, -0.1) is 0 Å². The summed E-state index contributed by atoms with van der Waals surface area (Å²) in [6.07, 6.45) is -2.45. The minimum atomic E-state index is -2.45. The Labute approximate surface area is 85.3 Å². The van der Waals surface area contributed by atoms with E-state index in [-0.39, 0.29) is 17.7 Å². The standard InChI is InChI=1S/C10H9F3N2/c11-9-3-7(4-14)1-2-8(9)5-15-6-10(12)13/h1-3,10,15H,5-6H2. The number of benzene rings is 1. The molecule has 0 fully saturated rings. The SMILES string of the molecule is N#Cc1ccc(CNCC(F)F)c(F)c1. The van der Waals surface area contributed by atoms with Crippen LogP contribution in [0.1, 0.15) is 11.1 Å². The Bertz CT molecular complexity index is 371. The number of nitriles is 1. The lowest BCUT2D eigenvalue weighted by Gasteiger charge is -2.05. The van der Waals surface area contributed by atoms with Crippen molar-refractivity contribution in [3.05, 3.63) is 35.1 Å². The Hall–Kier alpha value is -1.54. The van der Waals surface area contributed by atoms with Gasteiger partial charge in [0.15, 0.2) is 0 Å². The Morgan fingerprint density at radius 2 is 2.13 bits per heavy atom. The number of halogens is 3. The Morgan fingerprint density at radius 3 is 2.67 bits per heavy atom. The average Bonchev–Trinajstić information content (AvgIpc) is 2.20. The van der Waals surface area contributed by atoms with Gasteiger partial charge >= 0.3 is 0 Å². The maximum absolute atomic E-state index is 13.2. The molecule has 1 rings (SSSR count). The molecule has 0 atom stereocenters. The fourth-order valence-corrected chi connectivity index (χ4v) is 1.08. The third-order valence-electron chi connectivity index (χ3n) is 1.80. The summed E-state index contributed by atoms with van der Waals surface area (Å²) >= 11 is 0. The normalized spacial score (nSPS) is 10.3. The Morgan fingerprint density at radius 1 is 1.40 bits per heavy atom. The number of hydrogen-bond acceptors (Lipinski definition) is 2. The second-order valence-corrected chi connectivity index (χ2v) is 2.94. The molecule has 15 heavy (non-hydrogen) atoms. The lowest BCUT2D eigenvalue weighted by Crippen LogP contribution is -2.21. The van der Waals surface area contributed by atoms with Gasteiger partial charge in [0.1, 0.15) is 5.82 Å². The van der Waals surface area contributed by atoms with Crippen molar-refractivity contribution in [3.63, 3.8) is 0 Å².